The van der Waals surface area contributed by atoms with Crippen LogP contribution in [0.4, 0.5) is 0 Å². The molecule has 108 valence electrons. The van der Waals surface area contributed by atoms with Gasteiger partial charge in [0, 0.05) is 0 Å². The molecule has 0 amide bonds. The Balaban J connectivity index is 2.87. The molecule has 0 saturated heterocycles. The van der Waals surface area contributed by atoms with Gasteiger partial charge in [0.1, 0.15) is 5.75 Å². The number of rotatable bonds is 5. The molecule has 1 aromatic carbocycles. The van der Waals surface area contributed by atoms with E-state index in [0.29, 0.717) is 6.42 Å². The highest BCUT2D eigenvalue weighted by Gasteiger charge is 2.19. The zero-order chi connectivity index (χ0) is 14.6. The highest BCUT2D eigenvalue weighted by atomic mass is 16.5. The lowest BCUT2D eigenvalue weighted by atomic mass is 9.85. The predicted octanol–water partition coefficient (Wildman–Crippen LogP) is 2.67. The lowest BCUT2D eigenvalue weighted by molar-refractivity contribution is 0.0265. The molecule has 0 saturated carbocycles. The van der Waals surface area contributed by atoms with Crippen LogP contribution in [-0.2, 0) is 11.8 Å². The average Bonchev–Trinajstić information content (AvgIpc) is 2.34. The minimum Gasteiger partial charge on any atom is -0.496 e. The largest absolute Gasteiger partial charge is 0.496 e. The molecule has 0 spiro atoms. The monoisotopic (exact) mass is 266 g/mol. The lowest BCUT2D eigenvalue weighted by Crippen LogP contribution is -2.23. The third kappa shape index (κ3) is 4.51. The number of hydrogen-bond acceptors (Lipinski definition) is 3. The van der Waals surface area contributed by atoms with Crippen LogP contribution in [0.15, 0.2) is 18.2 Å². The van der Waals surface area contributed by atoms with Gasteiger partial charge in [-0.2, -0.15) is 0 Å². The van der Waals surface area contributed by atoms with E-state index < -0.39 is 12.2 Å². The van der Waals surface area contributed by atoms with Gasteiger partial charge < -0.3 is 14.9 Å². The second-order valence-electron chi connectivity index (χ2n) is 6.13. The summed E-state index contributed by atoms with van der Waals surface area (Å²) >= 11 is 0. The quantitative estimate of drug-likeness (QED) is 0.861. The Labute approximate surface area is 116 Å². The molecule has 3 nitrogen and oxygen atoms in total. The van der Waals surface area contributed by atoms with Crippen LogP contribution in [0.2, 0.25) is 0 Å². The number of aryl methyl sites for hydroxylation is 1. The molecule has 0 aliphatic carbocycles. The Hall–Kier alpha value is -1.06. The highest BCUT2D eigenvalue weighted by molar-refractivity contribution is 5.41. The molecule has 0 aromatic heterocycles. The molecule has 1 rings (SSSR count). The van der Waals surface area contributed by atoms with Gasteiger partial charge in [-0.05, 0) is 42.4 Å². The van der Waals surface area contributed by atoms with E-state index in [0.717, 1.165) is 17.7 Å². The van der Waals surface area contributed by atoms with Gasteiger partial charge in [-0.3, -0.25) is 0 Å². The highest BCUT2D eigenvalue weighted by Crippen LogP contribution is 2.32. The van der Waals surface area contributed by atoms with Gasteiger partial charge in [0.15, 0.2) is 0 Å². The Morgan fingerprint density at radius 1 is 1.21 bits per heavy atom. The smallest absolute Gasteiger partial charge is 0.122 e. The topological polar surface area (TPSA) is 49.7 Å². The zero-order valence-corrected chi connectivity index (χ0v) is 12.6. The summed E-state index contributed by atoms with van der Waals surface area (Å²) in [6.45, 7) is 8.07. The third-order valence-electron chi connectivity index (χ3n) is 3.36. The fourth-order valence-corrected chi connectivity index (χ4v) is 2.05. The molecular weight excluding hydrogens is 240 g/mol. The van der Waals surface area contributed by atoms with Crippen LogP contribution in [0.3, 0.4) is 0 Å². The maximum atomic E-state index is 9.64. The molecule has 19 heavy (non-hydrogen) atoms. The van der Waals surface area contributed by atoms with Gasteiger partial charge >= 0.3 is 0 Å². The minimum atomic E-state index is -0.680. The normalized spacial score (nSPS) is 15.1. The van der Waals surface area contributed by atoms with Crippen molar-refractivity contribution in [2.24, 2.45) is 0 Å². The van der Waals surface area contributed by atoms with Gasteiger partial charge in [-0.25, -0.2) is 0 Å². The summed E-state index contributed by atoms with van der Waals surface area (Å²) in [5, 5.41) is 18.9. The minimum absolute atomic E-state index is 0.0181. The number of hydrogen-bond donors (Lipinski definition) is 2. The van der Waals surface area contributed by atoms with Crippen molar-refractivity contribution in [2.75, 3.05) is 7.11 Å². The molecule has 0 fully saturated rings. The first kappa shape index (κ1) is 16.0. The molecule has 0 heterocycles. The molecule has 2 N–H and O–H groups in total. The number of ether oxygens (including phenoxy) is 1. The van der Waals surface area contributed by atoms with Gasteiger partial charge in [0.2, 0.25) is 0 Å². The summed E-state index contributed by atoms with van der Waals surface area (Å²) in [6, 6.07) is 6.13. The molecule has 1 aromatic rings. The number of methoxy groups -OCH3 is 1. The second-order valence-corrected chi connectivity index (χ2v) is 6.13. The van der Waals surface area contributed by atoms with E-state index in [1.165, 1.54) is 5.56 Å². The fraction of sp³-hybridized carbons (Fsp3) is 0.625. The molecule has 0 bridgehead atoms. The van der Waals surface area contributed by atoms with Crippen molar-refractivity contribution in [3.63, 3.8) is 0 Å². The van der Waals surface area contributed by atoms with Crippen LogP contribution >= 0.6 is 0 Å². The summed E-state index contributed by atoms with van der Waals surface area (Å²) in [7, 11) is 1.68. The Bertz CT molecular complexity index is 405. The van der Waals surface area contributed by atoms with E-state index in [1.807, 2.05) is 12.1 Å². The number of benzene rings is 1. The van der Waals surface area contributed by atoms with E-state index >= 15 is 0 Å². The Morgan fingerprint density at radius 2 is 1.84 bits per heavy atom. The van der Waals surface area contributed by atoms with Gasteiger partial charge in [-0.15, -0.1) is 0 Å². The Kier molecular flexibility index (Phi) is 5.39. The van der Waals surface area contributed by atoms with Crippen molar-refractivity contribution < 1.29 is 14.9 Å². The summed E-state index contributed by atoms with van der Waals surface area (Å²) in [5.74, 6) is 0.896. The SMILES string of the molecule is COc1ccc(CCC(O)C(C)O)cc1C(C)(C)C. The molecule has 3 heteroatoms. The summed E-state index contributed by atoms with van der Waals surface area (Å²) in [5.41, 5.74) is 2.34. The van der Waals surface area contributed by atoms with Crippen LogP contribution in [-0.4, -0.2) is 29.5 Å². The van der Waals surface area contributed by atoms with Crippen LogP contribution in [0.5, 0.6) is 5.75 Å². The lowest BCUT2D eigenvalue weighted by Gasteiger charge is -2.23. The van der Waals surface area contributed by atoms with Crippen molar-refractivity contribution in [1.29, 1.82) is 0 Å². The van der Waals surface area contributed by atoms with Gasteiger partial charge in [-0.1, -0.05) is 32.9 Å². The van der Waals surface area contributed by atoms with Crippen molar-refractivity contribution in [3.05, 3.63) is 29.3 Å². The average molecular weight is 266 g/mol. The summed E-state index contributed by atoms with van der Waals surface area (Å²) < 4.78 is 5.40. The first-order valence-electron chi connectivity index (χ1n) is 6.79. The van der Waals surface area contributed by atoms with Crippen LogP contribution in [0, 0.1) is 0 Å². The second kappa shape index (κ2) is 6.40. The standard InChI is InChI=1S/C16H26O3/c1-11(17)14(18)8-6-12-7-9-15(19-5)13(10-12)16(2,3)4/h7,9-11,14,17-18H,6,8H2,1-5H3. The first-order valence-corrected chi connectivity index (χ1v) is 6.79. The van der Waals surface area contributed by atoms with Crippen molar-refractivity contribution in [3.8, 4) is 5.75 Å². The fourth-order valence-electron chi connectivity index (χ4n) is 2.05. The number of aliphatic hydroxyl groups excluding tert-OH is 2. The molecule has 2 unspecified atom stereocenters. The zero-order valence-electron chi connectivity index (χ0n) is 12.6. The van der Waals surface area contributed by atoms with Crippen molar-refractivity contribution in [2.45, 2.75) is 58.2 Å². The molecule has 0 aliphatic rings. The maximum absolute atomic E-state index is 9.64. The van der Waals surface area contributed by atoms with E-state index in [2.05, 4.69) is 26.8 Å². The predicted molar refractivity (Wildman–Crippen MR) is 77.7 cm³/mol. The number of aliphatic hydroxyl groups is 2. The molecule has 2 atom stereocenters. The summed E-state index contributed by atoms with van der Waals surface area (Å²) in [6.07, 6.45) is -0.0345. The Morgan fingerprint density at radius 3 is 2.32 bits per heavy atom. The summed E-state index contributed by atoms with van der Waals surface area (Å²) in [4.78, 5) is 0. The molecule has 0 radical (unpaired) electrons. The molecular formula is C16H26O3. The van der Waals surface area contributed by atoms with Crippen LogP contribution in [0.25, 0.3) is 0 Å². The maximum Gasteiger partial charge on any atom is 0.122 e. The van der Waals surface area contributed by atoms with E-state index in [4.69, 9.17) is 4.74 Å². The molecule has 0 aliphatic heterocycles. The van der Waals surface area contributed by atoms with E-state index in [-0.39, 0.29) is 5.41 Å². The van der Waals surface area contributed by atoms with Gasteiger partial charge in [0.05, 0.1) is 19.3 Å². The van der Waals surface area contributed by atoms with Crippen LogP contribution < -0.4 is 4.74 Å². The van der Waals surface area contributed by atoms with E-state index in [1.54, 1.807) is 14.0 Å². The van der Waals surface area contributed by atoms with E-state index in [9.17, 15) is 10.2 Å². The van der Waals surface area contributed by atoms with Crippen molar-refractivity contribution in [1.82, 2.24) is 0 Å². The van der Waals surface area contributed by atoms with Crippen LogP contribution in [0.1, 0.15) is 45.2 Å². The van der Waals surface area contributed by atoms with Gasteiger partial charge in [0.25, 0.3) is 0 Å². The first-order chi connectivity index (χ1) is 8.75. The van der Waals surface area contributed by atoms with Crippen molar-refractivity contribution >= 4 is 0 Å². The third-order valence-corrected chi connectivity index (χ3v) is 3.36.